The first-order valence-corrected chi connectivity index (χ1v) is 16.8. The maximum atomic E-state index is 5.29. The van der Waals surface area contributed by atoms with Crippen LogP contribution in [-0.4, -0.2) is 4.98 Å². The fraction of sp³-hybridized carbons (Fsp3) is 0.250. The van der Waals surface area contributed by atoms with E-state index in [-0.39, 0.29) is 5.41 Å². The zero-order chi connectivity index (χ0) is 31.0. The van der Waals surface area contributed by atoms with Crippen molar-refractivity contribution < 1.29 is 0 Å². The van der Waals surface area contributed by atoms with Crippen LogP contribution in [0.1, 0.15) is 70.1 Å². The number of nitrogens with zero attached hydrogens (tertiary/aromatic N) is 1. The number of benzene rings is 5. The topological polar surface area (TPSA) is 12.9 Å². The van der Waals surface area contributed by atoms with Gasteiger partial charge < -0.3 is 0 Å². The highest BCUT2D eigenvalue weighted by atomic mass is 14.7. The van der Waals surface area contributed by atoms with Crippen LogP contribution in [0.3, 0.4) is 0 Å². The Bertz CT molecular complexity index is 1980. The molecular weight excluding hydrogens is 542 g/mol. The minimum absolute atomic E-state index is 0.0440. The van der Waals surface area contributed by atoms with Gasteiger partial charge in [0.2, 0.25) is 0 Å². The molecule has 1 nitrogen and oxygen atoms in total. The van der Waals surface area contributed by atoms with Crippen LogP contribution in [0.15, 0.2) is 121 Å². The molecule has 0 saturated heterocycles. The molecule has 5 aromatic carbocycles. The van der Waals surface area contributed by atoms with Gasteiger partial charge in [-0.1, -0.05) is 150 Å². The zero-order valence-electron chi connectivity index (χ0n) is 27.1. The molecule has 1 heteroatoms. The van der Waals surface area contributed by atoms with E-state index in [0.29, 0.717) is 0 Å². The van der Waals surface area contributed by atoms with Crippen molar-refractivity contribution in [2.75, 3.05) is 0 Å². The minimum atomic E-state index is -0.0440. The van der Waals surface area contributed by atoms with Crippen molar-refractivity contribution in [3.63, 3.8) is 0 Å². The van der Waals surface area contributed by atoms with Crippen LogP contribution in [0.25, 0.3) is 55.5 Å². The van der Waals surface area contributed by atoms with Gasteiger partial charge in [-0.05, 0) is 86.7 Å². The van der Waals surface area contributed by atoms with Crippen molar-refractivity contribution in [1.82, 2.24) is 4.98 Å². The third-order valence-electron chi connectivity index (χ3n) is 10.1. The van der Waals surface area contributed by atoms with Gasteiger partial charge in [-0.2, -0.15) is 0 Å². The van der Waals surface area contributed by atoms with Gasteiger partial charge in [0.15, 0.2) is 0 Å². The lowest BCUT2D eigenvalue weighted by molar-refractivity contribution is 0.449. The predicted octanol–water partition coefficient (Wildman–Crippen LogP) is 12.3. The highest BCUT2D eigenvalue weighted by molar-refractivity contribution is 5.99. The maximum Gasteiger partial charge on any atom is 0.0716 e. The third kappa shape index (κ3) is 5.50. The van der Waals surface area contributed by atoms with Gasteiger partial charge in [0, 0.05) is 16.4 Å². The molecule has 1 atom stereocenters. The summed E-state index contributed by atoms with van der Waals surface area (Å²) in [6, 6.07) is 44.9. The molecule has 0 N–H and O–H groups in total. The van der Waals surface area contributed by atoms with Crippen LogP contribution < -0.4 is 0 Å². The second-order valence-corrected chi connectivity index (χ2v) is 13.4. The predicted molar refractivity (Wildman–Crippen MR) is 193 cm³/mol. The molecule has 224 valence electrons. The number of rotatable bonds is 9. The first-order valence-electron chi connectivity index (χ1n) is 16.8. The summed E-state index contributed by atoms with van der Waals surface area (Å²) in [4.78, 5) is 5.29. The normalized spacial score (nSPS) is 13.9. The Morgan fingerprint density at radius 2 is 1.33 bits per heavy atom. The van der Waals surface area contributed by atoms with Gasteiger partial charge in [0.05, 0.1) is 11.2 Å². The molecule has 0 radical (unpaired) electrons. The molecule has 45 heavy (non-hydrogen) atoms. The second-order valence-electron chi connectivity index (χ2n) is 13.4. The van der Waals surface area contributed by atoms with Crippen molar-refractivity contribution in [1.29, 1.82) is 0 Å². The van der Waals surface area contributed by atoms with Crippen molar-refractivity contribution in [3.05, 3.63) is 138 Å². The summed E-state index contributed by atoms with van der Waals surface area (Å²) < 4.78 is 0. The molecule has 0 fully saturated rings. The average molecular weight is 586 g/mol. The Morgan fingerprint density at radius 3 is 2.16 bits per heavy atom. The molecule has 7 rings (SSSR count). The van der Waals surface area contributed by atoms with E-state index in [4.69, 9.17) is 4.98 Å². The highest BCUT2D eigenvalue weighted by Gasteiger charge is 2.35. The molecule has 0 spiro atoms. The summed E-state index contributed by atoms with van der Waals surface area (Å²) >= 11 is 0. The van der Waals surface area contributed by atoms with Crippen LogP contribution in [0.2, 0.25) is 0 Å². The first kappa shape index (κ1) is 29.2. The van der Waals surface area contributed by atoms with E-state index in [2.05, 4.69) is 149 Å². The van der Waals surface area contributed by atoms with Crippen molar-refractivity contribution in [3.8, 4) is 44.6 Å². The molecule has 6 aromatic rings. The van der Waals surface area contributed by atoms with E-state index in [9.17, 15) is 0 Å². The number of unbranched alkanes of at least 4 members (excludes halogenated alkanes) is 1. The van der Waals surface area contributed by atoms with Gasteiger partial charge in [-0.3, -0.25) is 0 Å². The summed E-state index contributed by atoms with van der Waals surface area (Å²) in [5, 5.41) is 1.19. The maximum absolute atomic E-state index is 5.29. The van der Waals surface area contributed by atoms with Crippen molar-refractivity contribution in [2.45, 2.75) is 65.2 Å². The number of fused-ring (bicyclic) bond motifs is 4. The van der Waals surface area contributed by atoms with Gasteiger partial charge in [-0.25, -0.2) is 4.98 Å². The molecular formula is C44H43N. The van der Waals surface area contributed by atoms with E-state index in [1.807, 2.05) is 0 Å². The Labute approximate surface area is 269 Å². The summed E-state index contributed by atoms with van der Waals surface area (Å²) in [6.45, 7) is 9.31. The van der Waals surface area contributed by atoms with E-state index in [1.165, 1.54) is 86.7 Å². The molecule has 0 amide bonds. The third-order valence-corrected chi connectivity index (χ3v) is 10.1. The lowest BCUT2D eigenvalue weighted by atomic mass is 9.82. The summed E-state index contributed by atoms with van der Waals surface area (Å²) in [5.41, 5.74) is 15.0. The smallest absolute Gasteiger partial charge is 0.0716 e. The van der Waals surface area contributed by atoms with E-state index < -0.39 is 0 Å². The fourth-order valence-electron chi connectivity index (χ4n) is 7.43. The van der Waals surface area contributed by atoms with Crippen LogP contribution >= 0.6 is 0 Å². The fourth-order valence-corrected chi connectivity index (χ4v) is 7.43. The number of hydrogen-bond donors (Lipinski definition) is 0. The van der Waals surface area contributed by atoms with E-state index >= 15 is 0 Å². The van der Waals surface area contributed by atoms with Gasteiger partial charge >= 0.3 is 0 Å². The summed E-state index contributed by atoms with van der Waals surface area (Å²) in [6.07, 6.45) is 6.29. The SMILES string of the molecule is CCCCC(CC)Cc1cccc(-c2ccc3nc(-c4ccc5c(c4)C(C)(C)c4ccccc4-5)cc(-c4ccccc4)c3c2)c1. The van der Waals surface area contributed by atoms with Crippen molar-refractivity contribution >= 4 is 10.9 Å². The highest BCUT2D eigenvalue weighted by Crippen LogP contribution is 2.49. The van der Waals surface area contributed by atoms with Crippen LogP contribution in [0.5, 0.6) is 0 Å². The van der Waals surface area contributed by atoms with Crippen molar-refractivity contribution in [2.24, 2.45) is 5.92 Å². The monoisotopic (exact) mass is 585 g/mol. The molecule has 1 unspecified atom stereocenters. The summed E-state index contributed by atoms with van der Waals surface area (Å²) in [5.74, 6) is 0.753. The van der Waals surface area contributed by atoms with Gasteiger partial charge in [-0.15, -0.1) is 0 Å². The minimum Gasteiger partial charge on any atom is -0.248 e. The van der Waals surface area contributed by atoms with Crippen LogP contribution in [0.4, 0.5) is 0 Å². The summed E-state index contributed by atoms with van der Waals surface area (Å²) in [7, 11) is 0. The second kappa shape index (κ2) is 12.1. The quantitative estimate of drug-likeness (QED) is 0.164. The largest absolute Gasteiger partial charge is 0.248 e. The lowest BCUT2D eigenvalue weighted by Gasteiger charge is -2.22. The first-order chi connectivity index (χ1) is 22.0. The molecule has 0 bridgehead atoms. The molecule has 1 aliphatic rings. The molecule has 0 saturated carbocycles. The Morgan fingerprint density at radius 1 is 0.600 bits per heavy atom. The Kier molecular flexibility index (Phi) is 7.88. The molecule has 0 aliphatic heterocycles. The zero-order valence-corrected chi connectivity index (χ0v) is 27.1. The number of aromatic nitrogens is 1. The number of hydrogen-bond acceptors (Lipinski definition) is 1. The molecule has 1 heterocycles. The Hall–Kier alpha value is -4.49. The number of pyridine rings is 1. The van der Waals surface area contributed by atoms with Gasteiger partial charge in [0.25, 0.3) is 0 Å². The van der Waals surface area contributed by atoms with E-state index in [1.54, 1.807) is 0 Å². The Balaban J connectivity index is 1.31. The van der Waals surface area contributed by atoms with Crippen LogP contribution in [-0.2, 0) is 11.8 Å². The van der Waals surface area contributed by atoms with E-state index in [0.717, 1.165) is 23.5 Å². The van der Waals surface area contributed by atoms with Crippen LogP contribution in [0, 0.1) is 5.92 Å². The van der Waals surface area contributed by atoms with Gasteiger partial charge in [0.1, 0.15) is 0 Å². The molecule has 1 aliphatic carbocycles. The standard InChI is InChI=1S/C44H43N/c1-5-7-14-30(6-2)25-31-15-13-18-33(26-31)34-22-24-42-39(27-34)38(32-16-9-8-10-17-32)29-43(45-42)35-21-23-37-36-19-11-12-20-40(36)44(3,4)41(37)28-35/h8-13,15-24,26-30H,5-7,14,25H2,1-4H3. The molecule has 1 aromatic heterocycles. The average Bonchev–Trinajstić information content (AvgIpc) is 3.32. The lowest BCUT2D eigenvalue weighted by Crippen LogP contribution is -2.14.